The molecule has 0 radical (unpaired) electrons. The number of hydrogen-bond acceptors (Lipinski definition) is 8. The highest BCUT2D eigenvalue weighted by atomic mass is 32.1. The summed E-state index contributed by atoms with van der Waals surface area (Å²) < 4.78 is 11.6. The Morgan fingerprint density at radius 1 is 1.13 bits per heavy atom. The van der Waals surface area contributed by atoms with Crippen molar-refractivity contribution in [2.75, 3.05) is 18.9 Å². The molecule has 2 aromatic carbocycles. The van der Waals surface area contributed by atoms with Gasteiger partial charge in [0, 0.05) is 12.0 Å². The van der Waals surface area contributed by atoms with Crippen LogP contribution in [0.3, 0.4) is 0 Å². The molecule has 0 bridgehead atoms. The fraction of sp³-hybridized carbons (Fsp3) is 0.273. The minimum atomic E-state index is -0.297. The van der Waals surface area contributed by atoms with Gasteiger partial charge in [-0.05, 0) is 49.2 Å². The largest absolute Gasteiger partial charge is 0.493 e. The number of hydrazone groups is 1. The van der Waals surface area contributed by atoms with E-state index in [0.29, 0.717) is 29.1 Å². The zero-order valence-electron chi connectivity index (χ0n) is 17.5. The van der Waals surface area contributed by atoms with Crippen molar-refractivity contribution < 1.29 is 14.3 Å². The lowest BCUT2D eigenvalue weighted by molar-refractivity contribution is -0.120. The summed E-state index contributed by atoms with van der Waals surface area (Å²) >= 11 is 1.17. The molecule has 0 aliphatic rings. The summed E-state index contributed by atoms with van der Waals surface area (Å²) in [7, 11) is 0. The molecule has 31 heavy (non-hydrogen) atoms. The van der Waals surface area contributed by atoms with Crippen molar-refractivity contribution in [3.63, 3.8) is 0 Å². The van der Waals surface area contributed by atoms with Gasteiger partial charge < -0.3 is 15.2 Å². The van der Waals surface area contributed by atoms with Crippen LogP contribution in [0.2, 0.25) is 0 Å². The lowest BCUT2D eigenvalue weighted by atomic mass is 10.1. The van der Waals surface area contributed by atoms with Crippen molar-refractivity contribution in [2.24, 2.45) is 5.10 Å². The number of ether oxygens (including phenoxy) is 2. The number of nitrogen functional groups attached to an aromatic ring is 1. The van der Waals surface area contributed by atoms with E-state index >= 15 is 0 Å². The second-order valence-corrected chi connectivity index (χ2v) is 7.93. The topological polar surface area (TPSA) is 112 Å². The molecule has 162 valence electrons. The van der Waals surface area contributed by atoms with E-state index < -0.39 is 0 Å². The van der Waals surface area contributed by atoms with Crippen molar-refractivity contribution in [1.29, 1.82) is 0 Å². The van der Waals surface area contributed by atoms with Crippen LogP contribution in [0.1, 0.15) is 28.1 Å². The van der Waals surface area contributed by atoms with Gasteiger partial charge in [0.25, 0.3) is 0 Å². The summed E-state index contributed by atoms with van der Waals surface area (Å²) in [5, 5.41) is 12.4. The molecule has 0 aliphatic heterocycles. The third-order valence-electron chi connectivity index (χ3n) is 4.40. The van der Waals surface area contributed by atoms with E-state index in [0.717, 1.165) is 17.7 Å². The first-order chi connectivity index (χ1) is 15.0. The van der Waals surface area contributed by atoms with Crippen LogP contribution in [-0.4, -0.2) is 35.5 Å². The first-order valence-electron chi connectivity index (χ1n) is 9.83. The van der Waals surface area contributed by atoms with Crippen LogP contribution in [0.25, 0.3) is 0 Å². The Kier molecular flexibility index (Phi) is 7.94. The molecule has 0 spiro atoms. The van der Waals surface area contributed by atoms with Crippen molar-refractivity contribution in [3.8, 4) is 11.5 Å². The molecular formula is C22H25N5O3S. The first kappa shape index (κ1) is 22.2. The quantitative estimate of drug-likeness (QED) is 0.285. The zero-order chi connectivity index (χ0) is 22.1. The highest BCUT2D eigenvalue weighted by Gasteiger charge is 2.07. The molecule has 1 aromatic heterocycles. The van der Waals surface area contributed by atoms with E-state index in [2.05, 4.69) is 40.6 Å². The molecule has 3 N–H and O–H groups in total. The molecule has 0 unspecified atom stereocenters. The maximum absolute atomic E-state index is 11.9. The van der Waals surface area contributed by atoms with Gasteiger partial charge >= 0.3 is 0 Å². The number of aromatic nitrogens is 2. The van der Waals surface area contributed by atoms with Gasteiger partial charge in [0.05, 0.1) is 25.8 Å². The van der Waals surface area contributed by atoms with Gasteiger partial charge in [0.15, 0.2) is 0 Å². The van der Waals surface area contributed by atoms with E-state index in [-0.39, 0.29) is 12.3 Å². The number of para-hydroxylation sites is 1. The zero-order valence-corrected chi connectivity index (χ0v) is 18.3. The van der Waals surface area contributed by atoms with E-state index in [1.807, 2.05) is 36.4 Å². The highest BCUT2D eigenvalue weighted by Crippen LogP contribution is 2.18. The summed E-state index contributed by atoms with van der Waals surface area (Å²) in [6, 6.07) is 13.6. The number of rotatable bonds is 10. The van der Waals surface area contributed by atoms with Gasteiger partial charge in [0.2, 0.25) is 11.0 Å². The van der Waals surface area contributed by atoms with Gasteiger partial charge in [-0.25, -0.2) is 5.43 Å². The molecule has 9 heteroatoms. The Labute approximate surface area is 185 Å². The van der Waals surface area contributed by atoms with Crippen molar-refractivity contribution in [3.05, 3.63) is 64.2 Å². The van der Waals surface area contributed by atoms with Crippen LogP contribution in [-0.2, 0) is 11.2 Å². The fourth-order valence-corrected chi connectivity index (χ4v) is 3.25. The van der Waals surface area contributed by atoms with Crippen molar-refractivity contribution in [1.82, 2.24) is 15.6 Å². The normalized spacial score (nSPS) is 10.9. The number of nitrogens with zero attached hydrogens (tertiary/aromatic N) is 3. The van der Waals surface area contributed by atoms with Crippen LogP contribution in [0, 0.1) is 13.8 Å². The Morgan fingerprint density at radius 3 is 2.71 bits per heavy atom. The minimum Gasteiger partial charge on any atom is -0.493 e. The highest BCUT2D eigenvalue weighted by molar-refractivity contribution is 7.15. The van der Waals surface area contributed by atoms with Gasteiger partial charge in [-0.15, -0.1) is 10.2 Å². The number of benzene rings is 2. The molecule has 0 saturated heterocycles. The van der Waals surface area contributed by atoms with Gasteiger partial charge in [-0.1, -0.05) is 29.5 Å². The number of anilines is 1. The summed E-state index contributed by atoms with van der Waals surface area (Å²) in [5.41, 5.74) is 11.2. The third kappa shape index (κ3) is 7.07. The summed E-state index contributed by atoms with van der Waals surface area (Å²) in [5.74, 6) is 1.25. The maximum Gasteiger partial charge on any atom is 0.247 e. The van der Waals surface area contributed by atoms with Crippen LogP contribution in [0.4, 0.5) is 5.13 Å². The smallest absolute Gasteiger partial charge is 0.247 e. The van der Waals surface area contributed by atoms with Gasteiger partial charge in [-0.3, -0.25) is 4.79 Å². The SMILES string of the molecule is Cc1ccc(OCCCOc2ccccc2/C=N\NC(=O)Cc2nnc(N)s2)cc1C. The first-order valence-corrected chi connectivity index (χ1v) is 10.6. The molecule has 0 fully saturated rings. The number of nitrogens with two attached hydrogens (primary N) is 1. The monoisotopic (exact) mass is 439 g/mol. The number of hydrogen-bond donors (Lipinski definition) is 2. The van der Waals surface area contributed by atoms with Crippen LogP contribution in [0.5, 0.6) is 11.5 Å². The lowest BCUT2D eigenvalue weighted by Gasteiger charge is -2.10. The molecule has 0 saturated carbocycles. The molecule has 8 nitrogen and oxygen atoms in total. The second kappa shape index (κ2) is 11.1. The van der Waals surface area contributed by atoms with Crippen molar-refractivity contribution in [2.45, 2.75) is 26.7 Å². The van der Waals surface area contributed by atoms with Crippen LogP contribution < -0.4 is 20.6 Å². The molecule has 1 amide bonds. The predicted octanol–water partition coefficient (Wildman–Crippen LogP) is 3.28. The second-order valence-electron chi connectivity index (χ2n) is 6.84. The van der Waals surface area contributed by atoms with E-state index in [1.165, 1.54) is 22.5 Å². The standard InChI is InChI=1S/C22H25N5O3S/c1-15-8-9-18(12-16(15)2)29-10-5-11-30-19-7-4-3-6-17(19)14-24-25-20(28)13-21-26-27-22(23)31-21/h3-4,6-9,12,14H,5,10-11,13H2,1-2H3,(H2,23,27)(H,25,28)/b24-14-. The third-order valence-corrected chi connectivity index (χ3v) is 5.15. The number of amides is 1. The summed E-state index contributed by atoms with van der Waals surface area (Å²) in [4.78, 5) is 11.9. The minimum absolute atomic E-state index is 0.0743. The van der Waals surface area contributed by atoms with E-state index in [9.17, 15) is 4.79 Å². The van der Waals surface area contributed by atoms with Crippen LogP contribution in [0.15, 0.2) is 47.6 Å². The number of aryl methyl sites for hydroxylation is 2. The van der Waals surface area contributed by atoms with Gasteiger partial charge in [-0.2, -0.15) is 5.10 Å². The number of carbonyl (C=O) groups excluding carboxylic acids is 1. The van der Waals surface area contributed by atoms with E-state index in [1.54, 1.807) is 6.21 Å². The van der Waals surface area contributed by atoms with Crippen molar-refractivity contribution >= 4 is 28.6 Å². The summed E-state index contributed by atoms with van der Waals surface area (Å²) in [6.07, 6.45) is 2.36. The Morgan fingerprint density at radius 2 is 1.94 bits per heavy atom. The number of carbonyl (C=O) groups is 1. The molecule has 1 heterocycles. The Bertz CT molecular complexity index is 1050. The molecule has 0 atom stereocenters. The average molecular weight is 440 g/mol. The van der Waals surface area contributed by atoms with Gasteiger partial charge in [0.1, 0.15) is 16.5 Å². The molecular weight excluding hydrogens is 414 g/mol. The molecule has 0 aliphatic carbocycles. The Balaban J connectivity index is 1.43. The molecule has 3 rings (SSSR count). The number of nitrogens with one attached hydrogen (secondary N) is 1. The fourth-order valence-electron chi connectivity index (χ4n) is 2.64. The molecule has 3 aromatic rings. The summed E-state index contributed by atoms with van der Waals surface area (Å²) in [6.45, 7) is 5.21. The average Bonchev–Trinajstić information content (AvgIpc) is 3.15. The predicted molar refractivity (Wildman–Crippen MR) is 122 cm³/mol. The van der Waals surface area contributed by atoms with E-state index in [4.69, 9.17) is 15.2 Å². The maximum atomic E-state index is 11.9. The van der Waals surface area contributed by atoms with Crippen LogP contribution >= 0.6 is 11.3 Å². The lowest BCUT2D eigenvalue weighted by Crippen LogP contribution is -2.19. The Hall–Kier alpha value is -3.46.